The third kappa shape index (κ3) is 8.05. The van der Waals surface area contributed by atoms with Crippen LogP contribution in [0.25, 0.3) is 11.0 Å². The number of piperidine rings is 1. The first-order chi connectivity index (χ1) is 25.3. The number of methoxy groups -OCH3 is 4. The zero-order valence-corrected chi connectivity index (χ0v) is 30.6. The van der Waals surface area contributed by atoms with E-state index in [0.717, 1.165) is 66.9 Å². The molecule has 5 aromatic rings. The van der Waals surface area contributed by atoms with Crippen molar-refractivity contribution < 1.29 is 28.5 Å². The third-order valence-electron chi connectivity index (χ3n) is 10.0. The molecule has 6 rings (SSSR count). The number of fused-ring (bicyclic) bond motifs is 1. The van der Waals surface area contributed by atoms with E-state index in [1.807, 2.05) is 66.2 Å². The SMILES string of the molecule is COc1ccc(C(CCN2CCC(C(=O)c3nc4ccccc4n3Cc3ccccn3)CC2)CN(C)C(=O)c2cc(OC)c(OC)c(OC)c2)cc1. The molecule has 11 nitrogen and oxygen atoms in total. The highest BCUT2D eigenvalue weighted by Crippen LogP contribution is 2.38. The first-order valence-corrected chi connectivity index (χ1v) is 17.6. The molecular formula is C41H47N5O6. The van der Waals surface area contributed by atoms with Gasteiger partial charge in [0.05, 0.1) is 51.7 Å². The van der Waals surface area contributed by atoms with E-state index in [2.05, 4.69) is 22.0 Å². The van der Waals surface area contributed by atoms with Crippen LogP contribution in [0.5, 0.6) is 23.0 Å². The Kier molecular flexibility index (Phi) is 11.7. The molecule has 0 spiro atoms. The van der Waals surface area contributed by atoms with Crippen molar-refractivity contribution >= 4 is 22.7 Å². The molecule has 1 amide bonds. The van der Waals surface area contributed by atoms with Gasteiger partial charge in [-0.3, -0.25) is 14.6 Å². The molecule has 1 unspecified atom stereocenters. The van der Waals surface area contributed by atoms with Gasteiger partial charge in [-0.1, -0.05) is 30.3 Å². The van der Waals surface area contributed by atoms with Gasteiger partial charge in [-0.05, 0) is 93.0 Å². The maximum atomic E-state index is 14.0. The highest BCUT2D eigenvalue weighted by molar-refractivity contribution is 5.98. The van der Waals surface area contributed by atoms with Crippen molar-refractivity contribution in [2.24, 2.45) is 5.92 Å². The second kappa shape index (κ2) is 16.7. The smallest absolute Gasteiger partial charge is 0.253 e. The number of ether oxygens (including phenoxy) is 4. The molecule has 3 heterocycles. The second-order valence-electron chi connectivity index (χ2n) is 13.2. The van der Waals surface area contributed by atoms with Gasteiger partial charge in [-0.2, -0.15) is 0 Å². The number of hydrogen-bond acceptors (Lipinski definition) is 9. The summed E-state index contributed by atoms with van der Waals surface area (Å²) in [6.45, 7) is 3.45. The highest BCUT2D eigenvalue weighted by Gasteiger charge is 2.30. The van der Waals surface area contributed by atoms with Crippen LogP contribution in [0.3, 0.4) is 0 Å². The predicted octanol–water partition coefficient (Wildman–Crippen LogP) is 6.35. The standard InChI is InChI=1S/C41H47N5O6/c1-44(41(48)31-24-36(50-3)39(52-5)37(25-31)51-4)26-30(28-13-15-33(49-2)16-14-28)19-23-45-21-17-29(18-22-45)38(47)40-43-34-11-6-7-12-35(34)46(40)27-32-10-8-9-20-42-32/h6-16,20,24-25,29-30H,17-19,21-23,26-27H2,1-5H3. The van der Waals surface area contributed by atoms with Crippen LogP contribution in [-0.2, 0) is 6.54 Å². The number of carbonyl (C=O) groups is 2. The van der Waals surface area contributed by atoms with Gasteiger partial charge in [0, 0.05) is 37.2 Å². The fourth-order valence-electron chi connectivity index (χ4n) is 7.09. The number of carbonyl (C=O) groups excluding carboxylic acids is 2. The molecule has 52 heavy (non-hydrogen) atoms. The topological polar surface area (TPSA) is 108 Å². The molecule has 0 N–H and O–H groups in total. The Morgan fingerprint density at radius 3 is 2.19 bits per heavy atom. The van der Waals surface area contributed by atoms with Gasteiger partial charge in [-0.25, -0.2) is 4.98 Å². The summed E-state index contributed by atoms with van der Waals surface area (Å²) in [5, 5.41) is 0. The minimum Gasteiger partial charge on any atom is -0.497 e. The lowest BCUT2D eigenvalue weighted by atomic mass is 9.90. The second-order valence-corrected chi connectivity index (χ2v) is 13.2. The molecule has 272 valence electrons. The number of para-hydroxylation sites is 2. The van der Waals surface area contributed by atoms with Gasteiger partial charge in [0.2, 0.25) is 11.5 Å². The summed E-state index contributed by atoms with van der Waals surface area (Å²) in [4.78, 5) is 41.3. The average Bonchev–Trinajstić information content (AvgIpc) is 3.56. The van der Waals surface area contributed by atoms with E-state index >= 15 is 0 Å². The normalized spacial score (nSPS) is 14.2. The van der Waals surface area contributed by atoms with Crippen LogP contribution in [0.1, 0.15) is 57.4 Å². The maximum absolute atomic E-state index is 14.0. The van der Waals surface area contributed by atoms with Gasteiger partial charge in [-0.15, -0.1) is 0 Å². The summed E-state index contributed by atoms with van der Waals surface area (Å²) in [5.41, 5.74) is 4.22. The molecule has 0 saturated carbocycles. The van der Waals surface area contributed by atoms with Crippen molar-refractivity contribution in [2.75, 3.05) is 61.7 Å². The number of hydrogen-bond donors (Lipinski definition) is 0. The number of ketones is 1. The van der Waals surface area contributed by atoms with Gasteiger partial charge in [0.1, 0.15) is 5.75 Å². The van der Waals surface area contributed by atoms with E-state index in [4.69, 9.17) is 23.9 Å². The van der Waals surface area contributed by atoms with Gasteiger partial charge in [0.25, 0.3) is 5.91 Å². The van der Waals surface area contributed by atoms with Gasteiger partial charge < -0.3 is 33.3 Å². The fraction of sp³-hybridized carbons (Fsp3) is 0.366. The van der Waals surface area contributed by atoms with Crippen molar-refractivity contribution in [2.45, 2.75) is 31.7 Å². The summed E-state index contributed by atoms with van der Waals surface area (Å²) in [6.07, 6.45) is 4.13. The van der Waals surface area contributed by atoms with E-state index in [-0.39, 0.29) is 23.5 Å². The first kappa shape index (κ1) is 36.4. The Morgan fingerprint density at radius 2 is 1.56 bits per heavy atom. The van der Waals surface area contributed by atoms with Crippen molar-refractivity contribution in [3.8, 4) is 23.0 Å². The third-order valence-corrected chi connectivity index (χ3v) is 10.0. The predicted molar refractivity (Wildman–Crippen MR) is 200 cm³/mol. The number of benzene rings is 3. The summed E-state index contributed by atoms with van der Waals surface area (Å²) in [5.74, 6) is 2.49. The molecule has 1 aliphatic heterocycles. The minimum absolute atomic E-state index is 0.0627. The number of rotatable bonds is 15. The van der Waals surface area contributed by atoms with Gasteiger partial charge in [0.15, 0.2) is 17.3 Å². The monoisotopic (exact) mass is 705 g/mol. The van der Waals surface area contributed by atoms with E-state index in [1.165, 1.54) is 21.3 Å². The Balaban J connectivity index is 1.13. The number of aromatic nitrogens is 3. The molecule has 0 aliphatic carbocycles. The largest absolute Gasteiger partial charge is 0.497 e. The zero-order chi connectivity index (χ0) is 36.6. The Labute approximate surface area is 305 Å². The summed E-state index contributed by atoms with van der Waals surface area (Å²) in [7, 11) is 8.08. The van der Waals surface area contributed by atoms with E-state index < -0.39 is 0 Å². The minimum atomic E-state index is -0.147. The Bertz CT molecular complexity index is 1950. The lowest BCUT2D eigenvalue weighted by Gasteiger charge is -2.33. The lowest BCUT2D eigenvalue weighted by Crippen LogP contribution is -2.38. The molecule has 0 bridgehead atoms. The van der Waals surface area contributed by atoms with Crippen LogP contribution in [0.15, 0.2) is 85.1 Å². The molecule has 1 saturated heterocycles. The summed E-state index contributed by atoms with van der Waals surface area (Å²) >= 11 is 0. The molecule has 1 aliphatic rings. The van der Waals surface area contributed by atoms with Crippen LogP contribution in [0, 0.1) is 5.92 Å². The van der Waals surface area contributed by atoms with Crippen LogP contribution in [0.4, 0.5) is 0 Å². The number of likely N-dealkylation sites (tertiary alicyclic amines) is 1. The molecule has 1 fully saturated rings. The van der Waals surface area contributed by atoms with Crippen molar-refractivity contribution in [3.05, 3.63) is 108 Å². The first-order valence-electron chi connectivity index (χ1n) is 17.6. The molecule has 3 aromatic carbocycles. The number of likely N-dealkylation sites (N-methyl/N-ethyl adjacent to an activating group) is 1. The van der Waals surface area contributed by atoms with Crippen molar-refractivity contribution in [1.82, 2.24) is 24.3 Å². The molecule has 2 aromatic heterocycles. The molecule has 1 atom stereocenters. The molecular weight excluding hydrogens is 658 g/mol. The van der Waals surface area contributed by atoms with E-state index in [0.29, 0.717) is 41.7 Å². The van der Waals surface area contributed by atoms with Crippen LogP contribution >= 0.6 is 0 Å². The number of amides is 1. The number of Topliss-reactive ketones (excluding diaryl/α,β-unsaturated/α-hetero) is 1. The Morgan fingerprint density at radius 1 is 0.865 bits per heavy atom. The van der Waals surface area contributed by atoms with Gasteiger partial charge >= 0.3 is 0 Å². The lowest BCUT2D eigenvalue weighted by molar-refractivity contribution is 0.0778. The number of nitrogens with zero attached hydrogens (tertiary/aromatic N) is 5. The highest BCUT2D eigenvalue weighted by atomic mass is 16.5. The van der Waals surface area contributed by atoms with E-state index in [9.17, 15) is 9.59 Å². The fourth-order valence-corrected chi connectivity index (χ4v) is 7.09. The van der Waals surface area contributed by atoms with Crippen molar-refractivity contribution in [1.29, 1.82) is 0 Å². The zero-order valence-electron chi connectivity index (χ0n) is 30.6. The molecule has 0 radical (unpaired) electrons. The van der Waals surface area contributed by atoms with Crippen LogP contribution in [-0.4, -0.2) is 97.7 Å². The quantitative estimate of drug-likeness (QED) is 0.115. The van der Waals surface area contributed by atoms with E-state index in [1.54, 1.807) is 30.3 Å². The number of pyridine rings is 1. The number of imidazole rings is 1. The molecule has 11 heteroatoms. The Hall–Kier alpha value is -5.42. The van der Waals surface area contributed by atoms with Crippen LogP contribution in [0.2, 0.25) is 0 Å². The average molecular weight is 706 g/mol. The van der Waals surface area contributed by atoms with Crippen molar-refractivity contribution in [3.63, 3.8) is 0 Å². The summed E-state index contributed by atoms with van der Waals surface area (Å²) in [6, 6.07) is 25.2. The maximum Gasteiger partial charge on any atom is 0.253 e. The van der Waals surface area contributed by atoms with Crippen LogP contribution < -0.4 is 18.9 Å². The summed E-state index contributed by atoms with van der Waals surface area (Å²) < 4.78 is 23.9.